The van der Waals surface area contributed by atoms with Gasteiger partial charge >= 0.3 is 5.97 Å². The summed E-state index contributed by atoms with van der Waals surface area (Å²) in [6.45, 7) is 3.26. The normalized spacial score (nSPS) is 12.6. The predicted octanol–water partition coefficient (Wildman–Crippen LogP) is 2.88. The van der Waals surface area contributed by atoms with Crippen molar-refractivity contribution < 1.29 is 27.8 Å². The van der Waals surface area contributed by atoms with Crippen molar-refractivity contribution >= 4 is 16.0 Å². The Morgan fingerprint density at radius 3 is 2.12 bits per heavy atom. The van der Waals surface area contributed by atoms with Crippen LogP contribution < -0.4 is 14.2 Å². The van der Waals surface area contributed by atoms with Gasteiger partial charge in [-0.2, -0.15) is 4.72 Å². The molecule has 0 unspecified atom stereocenters. The first-order chi connectivity index (χ1) is 12.2. The van der Waals surface area contributed by atoms with Crippen LogP contribution in [0.4, 0.5) is 0 Å². The monoisotopic (exact) mass is 379 g/mol. The Labute approximate surface area is 152 Å². The zero-order valence-electron chi connectivity index (χ0n) is 14.7. The van der Waals surface area contributed by atoms with Gasteiger partial charge in [-0.25, -0.2) is 8.42 Å². The van der Waals surface area contributed by atoms with E-state index in [1.54, 1.807) is 38.1 Å². The lowest BCUT2D eigenvalue weighted by Crippen LogP contribution is -2.44. The highest BCUT2D eigenvalue weighted by atomic mass is 32.2. The molecule has 0 saturated heterocycles. The van der Waals surface area contributed by atoms with Gasteiger partial charge in [-0.05, 0) is 42.3 Å². The van der Waals surface area contributed by atoms with Crippen LogP contribution in [0.3, 0.4) is 0 Å². The highest BCUT2D eigenvalue weighted by molar-refractivity contribution is 7.89. The quantitative estimate of drug-likeness (QED) is 0.731. The molecule has 0 saturated carbocycles. The van der Waals surface area contributed by atoms with E-state index in [1.807, 2.05) is 0 Å². The van der Waals surface area contributed by atoms with Crippen LogP contribution in [-0.2, 0) is 14.8 Å². The second kappa shape index (κ2) is 8.20. The van der Waals surface area contributed by atoms with Gasteiger partial charge in [-0.1, -0.05) is 26.0 Å². The van der Waals surface area contributed by atoms with Crippen LogP contribution in [0, 0.1) is 5.92 Å². The van der Waals surface area contributed by atoms with Gasteiger partial charge in [0.1, 0.15) is 11.8 Å². The molecule has 140 valence electrons. The van der Waals surface area contributed by atoms with Crippen molar-refractivity contribution in [2.45, 2.75) is 24.8 Å². The van der Waals surface area contributed by atoms with Gasteiger partial charge in [-0.3, -0.25) is 4.79 Å². The summed E-state index contributed by atoms with van der Waals surface area (Å²) in [5, 5.41) is 9.15. The first-order valence-corrected chi connectivity index (χ1v) is 9.39. The van der Waals surface area contributed by atoms with Crippen LogP contribution in [0.2, 0.25) is 0 Å². The maximum Gasteiger partial charge on any atom is 0.322 e. The maximum atomic E-state index is 12.4. The Kier molecular flexibility index (Phi) is 6.23. The van der Waals surface area contributed by atoms with E-state index < -0.39 is 28.0 Å². The Hall–Kier alpha value is -2.58. The van der Waals surface area contributed by atoms with Crippen molar-refractivity contribution in [3.8, 4) is 17.2 Å². The molecule has 2 rings (SSSR count). The average Bonchev–Trinajstić information content (AvgIpc) is 2.60. The topological polar surface area (TPSA) is 102 Å². The zero-order valence-corrected chi connectivity index (χ0v) is 15.5. The summed E-state index contributed by atoms with van der Waals surface area (Å²) in [5.74, 6) is -0.149. The number of para-hydroxylation sites is 2. The van der Waals surface area contributed by atoms with Gasteiger partial charge in [0.25, 0.3) is 0 Å². The minimum absolute atomic E-state index is 0.0447. The number of hydrogen-bond donors (Lipinski definition) is 2. The molecule has 2 N–H and O–H groups in total. The van der Waals surface area contributed by atoms with Crippen molar-refractivity contribution in [3.05, 3.63) is 48.5 Å². The van der Waals surface area contributed by atoms with E-state index in [0.29, 0.717) is 17.2 Å². The zero-order chi connectivity index (χ0) is 19.3. The number of ether oxygens (including phenoxy) is 2. The molecular weight excluding hydrogens is 358 g/mol. The summed E-state index contributed by atoms with van der Waals surface area (Å²) < 4.78 is 37.9. The Morgan fingerprint density at radius 2 is 1.62 bits per heavy atom. The Bertz CT molecular complexity index is 862. The summed E-state index contributed by atoms with van der Waals surface area (Å²) in [6.07, 6.45) is 0. The third-order valence-corrected chi connectivity index (χ3v) is 5.10. The molecule has 0 spiro atoms. The number of hydrogen-bond acceptors (Lipinski definition) is 5. The SMILES string of the molecule is COc1ccccc1Oc1ccc(S(=O)(=O)N[C@@H](C(=O)O)C(C)C)cc1. The summed E-state index contributed by atoms with van der Waals surface area (Å²) >= 11 is 0. The highest BCUT2D eigenvalue weighted by Gasteiger charge is 2.28. The van der Waals surface area contributed by atoms with Crippen LogP contribution >= 0.6 is 0 Å². The molecule has 0 fully saturated rings. The number of carbonyl (C=O) groups is 1. The van der Waals surface area contributed by atoms with Crippen molar-refractivity contribution in [2.75, 3.05) is 7.11 Å². The molecule has 2 aromatic carbocycles. The molecule has 0 aliphatic heterocycles. The number of benzene rings is 2. The van der Waals surface area contributed by atoms with Gasteiger partial charge in [0.15, 0.2) is 11.5 Å². The largest absolute Gasteiger partial charge is 0.493 e. The van der Waals surface area contributed by atoms with Crippen molar-refractivity contribution in [1.29, 1.82) is 0 Å². The van der Waals surface area contributed by atoms with Crippen LogP contribution in [-0.4, -0.2) is 32.6 Å². The third-order valence-electron chi connectivity index (χ3n) is 3.65. The maximum absolute atomic E-state index is 12.4. The molecule has 8 heteroatoms. The lowest BCUT2D eigenvalue weighted by molar-refractivity contribution is -0.140. The van der Waals surface area contributed by atoms with Gasteiger partial charge < -0.3 is 14.6 Å². The fourth-order valence-electron chi connectivity index (χ4n) is 2.22. The van der Waals surface area contributed by atoms with Gasteiger partial charge in [0, 0.05) is 0 Å². The number of carboxylic acids is 1. The van der Waals surface area contributed by atoms with Crippen molar-refractivity contribution in [3.63, 3.8) is 0 Å². The van der Waals surface area contributed by atoms with Crippen LogP contribution in [0.1, 0.15) is 13.8 Å². The van der Waals surface area contributed by atoms with E-state index in [1.165, 1.54) is 31.4 Å². The standard InChI is InChI=1S/C18H21NO6S/c1-12(2)17(18(20)21)19-26(22,23)14-10-8-13(9-11-14)25-16-7-5-4-6-15(16)24-3/h4-12,17,19H,1-3H3,(H,20,21)/t17-/m1/s1. The molecule has 26 heavy (non-hydrogen) atoms. The van der Waals surface area contributed by atoms with Gasteiger partial charge in [0.05, 0.1) is 12.0 Å². The third kappa shape index (κ3) is 4.74. The Morgan fingerprint density at radius 1 is 1.04 bits per heavy atom. The van der Waals surface area contributed by atoms with Crippen LogP contribution in [0.25, 0.3) is 0 Å². The number of methoxy groups -OCH3 is 1. The molecule has 7 nitrogen and oxygen atoms in total. The molecule has 0 bridgehead atoms. The fourth-order valence-corrected chi connectivity index (χ4v) is 3.56. The predicted molar refractivity (Wildman–Crippen MR) is 96.1 cm³/mol. The summed E-state index contributed by atoms with van der Waals surface area (Å²) in [6, 6.07) is 11.6. The van der Waals surface area contributed by atoms with Crippen molar-refractivity contribution in [1.82, 2.24) is 4.72 Å². The molecule has 0 aromatic heterocycles. The van der Waals surface area contributed by atoms with Crippen molar-refractivity contribution in [2.24, 2.45) is 5.92 Å². The lowest BCUT2D eigenvalue weighted by Gasteiger charge is -2.18. The van der Waals surface area contributed by atoms with E-state index in [0.717, 1.165) is 0 Å². The minimum Gasteiger partial charge on any atom is -0.493 e. The van der Waals surface area contributed by atoms with Gasteiger partial charge in [-0.15, -0.1) is 0 Å². The smallest absolute Gasteiger partial charge is 0.322 e. The number of rotatable bonds is 8. The second-order valence-electron chi connectivity index (χ2n) is 5.91. The van der Waals surface area contributed by atoms with E-state index in [2.05, 4.69) is 4.72 Å². The number of aliphatic carboxylic acids is 1. The van der Waals surface area contributed by atoms with E-state index in [-0.39, 0.29) is 4.90 Å². The summed E-state index contributed by atoms with van der Waals surface area (Å²) in [5.41, 5.74) is 0. The molecule has 0 aliphatic rings. The molecule has 0 heterocycles. The lowest BCUT2D eigenvalue weighted by atomic mass is 10.1. The molecule has 0 radical (unpaired) electrons. The first kappa shape index (κ1) is 19.7. The summed E-state index contributed by atoms with van der Waals surface area (Å²) in [7, 11) is -2.44. The minimum atomic E-state index is -3.96. The summed E-state index contributed by atoms with van der Waals surface area (Å²) in [4.78, 5) is 11.2. The van der Waals surface area contributed by atoms with E-state index in [4.69, 9.17) is 14.6 Å². The molecule has 0 aliphatic carbocycles. The molecule has 0 amide bonds. The van der Waals surface area contributed by atoms with Gasteiger partial charge in [0.2, 0.25) is 10.0 Å². The fraction of sp³-hybridized carbons (Fsp3) is 0.278. The molecular formula is C18H21NO6S. The molecule has 2 aromatic rings. The van der Waals surface area contributed by atoms with E-state index >= 15 is 0 Å². The van der Waals surface area contributed by atoms with Crippen LogP contribution in [0.15, 0.2) is 53.4 Å². The first-order valence-electron chi connectivity index (χ1n) is 7.90. The van der Waals surface area contributed by atoms with Crippen LogP contribution in [0.5, 0.6) is 17.2 Å². The molecule has 1 atom stereocenters. The Balaban J connectivity index is 2.19. The number of nitrogens with one attached hydrogen (secondary N) is 1. The second-order valence-corrected chi connectivity index (χ2v) is 7.62. The number of carboxylic acid groups (broad SMARTS) is 1. The average molecular weight is 379 g/mol. The number of sulfonamides is 1. The van der Waals surface area contributed by atoms with E-state index in [9.17, 15) is 13.2 Å². The highest BCUT2D eigenvalue weighted by Crippen LogP contribution is 2.31.